The highest BCUT2D eigenvalue weighted by molar-refractivity contribution is 6.32. The number of nitrogens with zero attached hydrogens (tertiary/aromatic N) is 3. The van der Waals surface area contributed by atoms with Gasteiger partial charge in [-0.25, -0.2) is 9.97 Å². The molecule has 88 valence electrons. The zero-order chi connectivity index (χ0) is 11.5. The average Bonchev–Trinajstić information content (AvgIpc) is 2.30. The molecule has 1 aliphatic heterocycles. The minimum Gasteiger partial charge on any atom is -0.355 e. The summed E-state index contributed by atoms with van der Waals surface area (Å²) in [6.07, 6.45) is 5.38. The van der Waals surface area contributed by atoms with Crippen LogP contribution >= 0.6 is 23.2 Å². The van der Waals surface area contributed by atoms with E-state index in [1.54, 1.807) is 6.20 Å². The number of hydrogen-bond donors (Lipinski definition) is 0. The predicted molar refractivity (Wildman–Crippen MR) is 67.3 cm³/mol. The van der Waals surface area contributed by atoms with Crippen molar-refractivity contribution in [3.8, 4) is 0 Å². The maximum Gasteiger partial charge on any atom is 0.150 e. The van der Waals surface area contributed by atoms with E-state index >= 15 is 0 Å². The molecule has 0 amide bonds. The van der Waals surface area contributed by atoms with Crippen LogP contribution in [-0.4, -0.2) is 28.4 Å². The van der Waals surface area contributed by atoms with E-state index in [9.17, 15) is 0 Å². The maximum atomic E-state index is 6.11. The van der Waals surface area contributed by atoms with Gasteiger partial charge in [0.1, 0.15) is 11.3 Å². The first-order chi connectivity index (χ1) is 7.68. The second kappa shape index (κ2) is 5.19. The summed E-state index contributed by atoms with van der Waals surface area (Å²) in [4.78, 5) is 10.3. The van der Waals surface area contributed by atoms with E-state index < -0.39 is 0 Å². The fourth-order valence-corrected chi connectivity index (χ4v) is 2.59. The standard InChI is InChI=1S/C11H15Cl2N3/c1-8(12)9-2-4-16(5-3-9)11-10(13)6-14-7-15-11/h6-9H,2-5H2,1H3. The molecule has 2 heterocycles. The summed E-state index contributed by atoms with van der Waals surface area (Å²) in [5, 5.41) is 0.878. The Balaban J connectivity index is 2.02. The smallest absolute Gasteiger partial charge is 0.150 e. The van der Waals surface area contributed by atoms with Gasteiger partial charge in [0.2, 0.25) is 0 Å². The van der Waals surface area contributed by atoms with E-state index in [0.29, 0.717) is 10.9 Å². The predicted octanol–water partition coefficient (Wildman–Crippen LogP) is 2.97. The molecular formula is C11H15Cl2N3. The van der Waals surface area contributed by atoms with Crippen molar-refractivity contribution in [1.29, 1.82) is 0 Å². The van der Waals surface area contributed by atoms with E-state index in [1.807, 2.05) is 0 Å². The molecule has 1 aliphatic rings. The monoisotopic (exact) mass is 259 g/mol. The van der Waals surface area contributed by atoms with Gasteiger partial charge in [0.05, 0.1) is 6.20 Å². The molecule has 0 aromatic carbocycles. The first kappa shape index (κ1) is 11.9. The second-order valence-corrected chi connectivity index (χ2v) is 5.29. The van der Waals surface area contributed by atoms with Gasteiger partial charge < -0.3 is 4.90 Å². The number of piperidine rings is 1. The van der Waals surface area contributed by atoms with Crippen LogP contribution in [0.3, 0.4) is 0 Å². The summed E-state index contributed by atoms with van der Waals surface area (Å²) in [6, 6.07) is 0. The van der Waals surface area contributed by atoms with Crippen LogP contribution in [0.4, 0.5) is 5.82 Å². The zero-order valence-corrected chi connectivity index (χ0v) is 10.7. The van der Waals surface area contributed by atoms with Gasteiger partial charge in [-0.1, -0.05) is 11.6 Å². The van der Waals surface area contributed by atoms with Gasteiger partial charge in [-0.15, -0.1) is 11.6 Å². The highest BCUT2D eigenvalue weighted by Gasteiger charge is 2.24. The number of hydrogen-bond acceptors (Lipinski definition) is 3. The fourth-order valence-electron chi connectivity index (χ4n) is 2.11. The van der Waals surface area contributed by atoms with Gasteiger partial charge in [0.25, 0.3) is 0 Å². The molecule has 5 heteroatoms. The Kier molecular flexibility index (Phi) is 3.87. The summed E-state index contributed by atoms with van der Waals surface area (Å²) in [6.45, 7) is 4.01. The molecule has 1 atom stereocenters. The molecule has 16 heavy (non-hydrogen) atoms. The molecule has 0 saturated carbocycles. The minimum atomic E-state index is 0.253. The van der Waals surface area contributed by atoms with Crippen LogP contribution in [0, 0.1) is 5.92 Å². The molecule has 0 aliphatic carbocycles. The summed E-state index contributed by atoms with van der Waals surface area (Å²) in [7, 11) is 0. The number of anilines is 1. The summed E-state index contributed by atoms with van der Waals surface area (Å²) < 4.78 is 0. The van der Waals surface area contributed by atoms with Gasteiger partial charge >= 0.3 is 0 Å². The van der Waals surface area contributed by atoms with Crippen LogP contribution in [0.5, 0.6) is 0 Å². The highest BCUT2D eigenvalue weighted by Crippen LogP contribution is 2.29. The van der Waals surface area contributed by atoms with Crippen LogP contribution in [-0.2, 0) is 0 Å². The molecule has 0 N–H and O–H groups in total. The molecule has 1 saturated heterocycles. The van der Waals surface area contributed by atoms with Crippen LogP contribution < -0.4 is 4.90 Å². The summed E-state index contributed by atoms with van der Waals surface area (Å²) in [5.41, 5.74) is 0. The molecule has 0 spiro atoms. The molecule has 0 bridgehead atoms. The topological polar surface area (TPSA) is 29.0 Å². The highest BCUT2D eigenvalue weighted by atomic mass is 35.5. The second-order valence-electron chi connectivity index (χ2n) is 4.20. The van der Waals surface area contributed by atoms with Crippen LogP contribution in [0.1, 0.15) is 19.8 Å². The normalized spacial score (nSPS) is 19.8. The third-order valence-corrected chi connectivity index (χ3v) is 3.76. The first-order valence-corrected chi connectivity index (χ1v) is 6.34. The molecule has 1 unspecified atom stereocenters. The van der Waals surface area contributed by atoms with E-state index in [1.165, 1.54) is 6.33 Å². The number of halogens is 2. The maximum absolute atomic E-state index is 6.11. The molecular weight excluding hydrogens is 245 g/mol. The van der Waals surface area contributed by atoms with E-state index in [0.717, 1.165) is 31.7 Å². The lowest BCUT2D eigenvalue weighted by Crippen LogP contribution is -2.36. The molecule has 0 radical (unpaired) electrons. The quantitative estimate of drug-likeness (QED) is 0.765. The van der Waals surface area contributed by atoms with Crippen molar-refractivity contribution in [2.45, 2.75) is 25.1 Å². The van der Waals surface area contributed by atoms with Gasteiger partial charge in [0.15, 0.2) is 5.82 Å². The van der Waals surface area contributed by atoms with Crippen molar-refractivity contribution in [2.24, 2.45) is 5.92 Å². The Labute approximate surface area is 106 Å². The lowest BCUT2D eigenvalue weighted by Gasteiger charge is -2.34. The van der Waals surface area contributed by atoms with Crippen molar-refractivity contribution in [3.63, 3.8) is 0 Å². The molecule has 3 nitrogen and oxygen atoms in total. The van der Waals surface area contributed by atoms with Gasteiger partial charge in [0, 0.05) is 18.5 Å². The van der Waals surface area contributed by atoms with Gasteiger partial charge in [-0.3, -0.25) is 0 Å². The van der Waals surface area contributed by atoms with Crippen molar-refractivity contribution in [1.82, 2.24) is 9.97 Å². The van der Waals surface area contributed by atoms with Gasteiger partial charge in [-0.2, -0.15) is 0 Å². The Morgan fingerprint density at radius 3 is 2.69 bits per heavy atom. The van der Waals surface area contributed by atoms with Crippen molar-refractivity contribution in [2.75, 3.05) is 18.0 Å². The van der Waals surface area contributed by atoms with Crippen molar-refractivity contribution in [3.05, 3.63) is 17.5 Å². The lowest BCUT2D eigenvalue weighted by atomic mass is 9.94. The van der Waals surface area contributed by atoms with E-state index in [2.05, 4.69) is 21.8 Å². The largest absolute Gasteiger partial charge is 0.355 e. The third kappa shape index (κ3) is 2.58. The number of aromatic nitrogens is 2. The Hall–Kier alpha value is -0.540. The molecule has 1 aromatic heterocycles. The molecule has 2 rings (SSSR count). The van der Waals surface area contributed by atoms with Crippen LogP contribution in [0.25, 0.3) is 0 Å². The van der Waals surface area contributed by atoms with Crippen molar-refractivity contribution >= 4 is 29.0 Å². The SMILES string of the molecule is CC(Cl)C1CCN(c2ncncc2Cl)CC1. The summed E-state index contributed by atoms with van der Waals surface area (Å²) in [5.74, 6) is 1.45. The fraction of sp³-hybridized carbons (Fsp3) is 0.636. The Morgan fingerprint density at radius 1 is 1.44 bits per heavy atom. The molecule has 1 fully saturated rings. The van der Waals surface area contributed by atoms with Crippen LogP contribution in [0.15, 0.2) is 12.5 Å². The first-order valence-electron chi connectivity index (χ1n) is 5.53. The Morgan fingerprint density at radius 2 is 2.12 bits per heavy atom. The van der Waals surface area contributed by atoms with Crippen LogP contribution in [0.2, 0.25) is 5.02 Å². The Bertz CT molecular complexity index is 349. The van der Waals surface area contributed by atoms with E-state index in [4.69, 9.17) is 23.2 Å². The summed E-state index contributed by atoms with van der Waals surface area (Å²) >= 11 is 12.2. The third-order valence-electron chi connectivity index (χ3n) is 3.14. The average molecular weight is 260 g/mol. The lowest BCUT2D eigenvalue weighted by molar-refractivity contribution is 0.398. The minimum absolute atomic E-state index is 0.253. The number of rotatable bonds is 2. The number of alkyl halides is 1. The van der Waals surface area contributed by atoms with Crippen molar-refractivity contribution < 1.29 is 0 Å². The molecule has 1 aromatic rings. The zero-order valence-electron chi connectivity index (χ0n) is 9.24. The van der Waals surface area contributed by atoms with E-state index in [-0.39, 0.29) is 5.38 Å². The van der Waals surface area contributed by atoms with Gasteiger partial charge in [-0.05, 0) is 25.7 Å².